The largest absolute Gasteiger partial charge is 0.405 e. The third-order valence-electron chi connectivity index (χ3n) is 2.55. The molecular formula is C13H14F3N3O. The monoisotopic (exact) mass is 285 g/mol. The Morgan fingerprint density at radius 1 is 1.35 bits per heavy atom. The lowest BCUT2D eigenvalue weighted by molar-refractivity contribution is -0.139. The highest BCUT2D eigenvalue weighted by atomic mass is 19.4. The molecule has 0 saturated heterocycles. The number of nitrogens with zero attached hydrogens (tertiary/aromatic N) is 1. The number of hydrogen-bond donors (Lipinski definition) is 2. The summed E-state index contributed by atoms with van der Waals surface area (Å²) in [5.74, 6) is -0.712. The first kappa shape index (κ1) is 16.0. The highest BCUT2D eigenvalue weighted by molar-refractivity contribution is 5.81. The van der Waals surface area contributed by atoms with E-state index in [0.29, 0.717) is 12.1 Å². The van der Waals surface area contributed by atoms with Crippen molar-refractivity contribution in [3.05, 3.63) is 35.4 Å². The average Bonchev–Trinajstić information content (AvgIpc) is 2.41. The van der Waals surface area contributed by atoms with E-state index in [0.717, 1.165) is 5.56 Å². The summed E-state index contributed by atoms with van der Waals surface area (Å²) in [5, 5.41) is 13.3. The second-order valence-corrected chi connectivity index (χ2v) is 4.24. The zero-order chi connectivity index (χ0) is 15.2. The molecule has 20 heavy (non-hydrogen) atoms. The summed E-state index contributed by atoms with van der Waals surface area (Å²) < 4.78 is 35.8. The van der Waals surface area contributed by atoms with Crippen molar-refractivity contribution in [2.45, 2.75) is 25.7 Å². The molecule has 1 rings (SSSR count). The Labute approximate surface area is 114 Å². The van der Waals surface area contributed by atoms with Crippen LogP contribution in [0.4, 0.5) is 13.2 Å². The summed E-state index contributed by atoms with van der Waals surface area (Å²) in [5.41, 5.74) is 1.35. The van der Waals surface area contributed by atoms with E-state index < -0.39 is 24.7 Å². The molecule has 0 fully saturated rings. The minimum absolute atomic E-state index is 0.326. The van der Waals surface area contributed by atoms with E-state index in [9.17, 15) is 18.0 Å². The van der Waals surface area contributed by atoms with E-state index in [1.54, 1.807) is 24.3 Å². The molecule has 0 saturated carbocycles. The zero-order valence-corrected chi connectivity index (χ0v) is 10.8. The van der Waals surface area contributed by atoms with Gasteiger partial charge in [0, 0.05) is 6.54 Å². The molecule has 0 radical (unpaired) electrons. The van der Waals surface area contributed by atoms with Gasteiger partial charge in [0.2, 0.25) is 5.91 Å². The van der Waals surface area contributed by atoms with Gasteiger partial charge in [-0.3, -0.25) is 4.79 Å². The van der Waals surface area contributed by atoms with Gasteiger partial charge in [0.25, 0.3) is 0 Å². The lowest BCUT2D eigenvalue weighted by Crippen LogP contribution is -2.44. The van der Waals surface area contributed by atoms with Crippen LogP contribution >= 0.6 is 0 Å². The van der Waals surface area contributed by atoms with Crippen molar-refractivity contribution in [2.75, 3.05) is 6.54 Å². The number of alkyl halides is 3. The molecular weight excluding hydrogens is 271 g/mol. The van der Waals surface area contributed by atoms with Crippen molar-refractivity contribution < 1.29 is 18.0 Å². The third-order valence-corrected chi connectivity index (χ3v) is 2.55. The fourth-order valence-electron chi connectivity index (χ4n) is 1.40. The molecule has 1 amide bonds. The zero-order valence-electron chi connectivity index (χ0n) is 10.8. The van der Waals surface area contributed by atoms with Crippen LogP contribution in [0, 0.1) is 11.3 Å². The molecule has 2 N–H and O–H groups in total. The summed E-state index contributed by atoms with van der Waals surface area (Å²) in [4.78, 5) is 11.4. The van der Waals surface area contributed by atoms with Crippen molar-refractivity contribution in [1.29, 1.82) is 5.26 Å². The van der Waals surface area contributed by atoms with Crippen LogP contribution in [0.1, 0.15) is 18.1 Å². The number of nitrogens with one attached hydrogen (secondary N) is 2. The molecule has 0 aliphatic rings. The quantitative estimate of drug-likeness (QED) is 0.865. The minimum Gasteiger partial charge on any atom is -0.346 e. The minimum atomic E-state index is -4.41. The van der Waals surface area contributed by atoms with Crippen molar-refractivity contribution >= 4 is 5.91 Å². The molecule has 1 atom stereocenters. The molecule has 1 aromatic rings. The van der Waals surface area contributed by atoms with E-state index in [1.807, 2.05) is 11.4 Å². The Hall–Kier alpha value is -2.07. The van der Waals surface area contributed by atoms with Gasteiger partial charge in [-0.05, 0) is 24.6 Å². The number of amides is 1. The first-order chi connectivity index (χ1) is 9.31. The standard InChI is InChI=1S/C13H14F3N3O/c1-9(12(20)19-8-13(14,15)16)18-7-11-4-2-10(6-17)3-5-11/h2-5,9,18H,7-8H2,1H3,(H,19,20). The number of halogens is 3. The summed E-state index contributed by atoms with van der Waals surface area (Å²) >= 11 is 0. The van der Waals surface area contributed by atoms with Crippen LogP contribution < -0.4 is 10.6 Å². The average molecular weight is 285 g/mol. The van der Waals surface area contributed by atoms with Crippen LogP contribution in [0.5, 0.6) is 0 Å². The van der Waals surface area contributed by atoms with Crippen molar-refractivity contribution in [2.24, 2.45) is 0 Å². The molecule has 108 valence electrons. The predicted octanol–water partition coefficient (Wildman–Crippen LogP) is 1.71. The Morgan fingerprint density at radius 3 is 2.45 bits per heavy atom. The van der Waals surface area contributed by atoms with E-state index in [2.05, 4.69) is 5.32 Å². The van der Waals surface area contributed by atoms with Gasteiger partial charge >= 0.3 is 6.18 Å². The van der Waals surface area contributed by atoms with Crippen molar-refractivity contribution in [3.63, 3.8) is 0 Å². The molecule has 7 heteroatoms. The SMILES string of the molecule is CC(NCc1ccc(C#N)cc1)C(=O)NCC(F)(F)F. The highest BCUT2D eigenvalue weighted by Gasteiger charge is 2.28. The molecule has 4 nitrogen and oxygen atoms in total. The summed E-state index contributed by atoms with van der Waals surface area (Å²) in [6.45, 7) is 0.469. The second kappa shape index (κ2) is 6.91. The third kappa shape index (κ3) is 5.71. The summed E-state index contributed by atoms with van der Waals surface area (Å²) in [6, 6.07) is 7.92. The normalized spacial score (nSPS) is 12.6. The summed E-state index contributed by atoms with van der Waals surface area (Å²) in [6.07, 6.45) is -4.41. The fraction of sp³-hybridized carbons (Fsp3) is 0.385. The van der Waals surface area contributed by atoms with Crippen LogP contribution in [0.3, 0.4) is 0 Å². The van der Waals surface area contributed by atoms with Crippen LogP contribution in [0.15, 0.2) is 24.3 Å². The molecule has 1 unspecified atom stereocenters. The maximum absolute atomic E-state index is 11.9. The Bertz CT molecular complexity index is 491. The number of rotatable bonds is 5. The molecule has 0 aliphatic heterocycles. The Morgan fingerprint density at radius 2 is 1.95 bits per heavy atom. The molecule has 0 aliphatic carbocycles. The number of benzene rings is 1. The van der Waals surface area contributed by atoms with Crippen LogP contribution in [0.25, 0.3) is 0 Å². The molecule has 0 heterocycles. The first-order valence-corrected chi connectivity index (χ1v) is 5.88. The van der Waals surface area contributed by atoms with Crippen molar-refractivity contribution in [1.82, 2.24) is 10.6 Å². The van der Waals surface area contributed by atoms with Gasteiger partial charge < -0.3 is 10.6 Å². The maximum atomic E-state index is 11.9. The molecule has 0 aromatic heterocycles. The highest BCUT2D eigenvalue weighted by Crippen LogP contribution is 2.12. The van der Waals surface area contributed by atoms with E-state index in [-0.39, 0.29) is 0 Å². The number of nitriles is 1. The summed E-state index contributed by atoms with van der Waals surface area (Å²) in [7, 11) is 0. The van der Waals surface area contributed by atoms with Crippen LogP contribution in [-0.4, -0.2) is 24.7 Å². The van der Waals surface area contributed by atoms with E-state index in [1.165, 1.54) is 6.92 Å². The van der Waals surface area contributed by atoms with E-state index >= 15 is 0 Å². The molecule has 0 spiro atoms. The smallest absolute Gasteiger partial charge is 0.346 e. The van der Waals surface area contributed by atoms with Gasteiger partial charge in [-0.2, -0.15) is 18.4 Å². The van der Waals surface area contributed by atoms with Gasteiger partial charge in [0.05, 0.1) is 17.7 Å². The second-order valence-electron chi connectivity index (χ2n) is 4.24. The van der Waals surface area contributed by atoms with Crippen molar-refractivity contribution in [3.8, 4) is 6.07 Å². The number of hydrogen-bond acceptors (Lipinski definition) is 3. The first-order valence-electron chi connectivity index (χ1n) is 5.88. The number of carbonyl (C=O) groups is 1. The lowest BCUT2D eigenvalue weighted by Gasteiger charge is -2.15. The van der Waals surface area contributed by atoms with Gasteiger partial charge in [0.15, 0.2) is 0 Å². The predicted molar refractivity (Wildman–Crippen MR) is 66.5 cm³/mol. The Balaban J connectivity index is 2.40. The van der Waals surface area contributed by atoms with Crippen LogP contribution in [-0.2, 0) is 11.3 Å². The van der Waals surface area contributed by atoms with Gasteiger partial charge in [-0.25, -0.2) is 0 Å². The number of carbonyl (C=O) groups excluding carboxylic acids is 1. The molecule has 0 bridgehead atoms. The van der Waals surface area contributed by atoms with Gasteiger partial charge in [-0.1, -0.05) is 12.1 Å². The van der Waals surface area contributed by atoms with Gasteiger partial charge in [0.1, 0.15) is 6.54 Å². The van der Waals surface area contributed by atoms with E-state index in [4.69, 9.17) is 5.26 Å². The Kier molecular flexibility index (Phi) is 5.53. The fourth-order valence-corrected chi connectivity index (χ4v) is 1.40. The van der Waals surface area contributed by atoms with Crippen LogP contribution in [0.2, 0.25) is 0 Å². The lowest BCUT2D eigenvalue weighted by atomic mass is 10.1. The topological polar surface area (TPSA) is 64.9 Å². The van der Waals surface area contributed by atoms with Gasteiger partial charge in [-0.15, -0.1) is 0 Å². The maximum Gasteiger partial charge on any atom is 0.405 e. The molecule has 1 aromatic carbocycles.